The van der Waals surface area contributed by atoms with Crippen LogP contribution in [0.3, 0.4) is 0 Å². The van der Waals surface area contributed by atoms with Gasteiger partial charge in [-0.2, -0.15) is 0 Å². The molecule has 2 aromatic heterocycles. The number of likely N-dealkylation sites (tertiary alicyclic amines) is 1. The number of alkyl halides is 1. The second kappa shape index (κ2) is 11.2. The largest absolute Gasteiger partial charge is 0.444 e. The first kappa shape index (κ1) is 28.9. The van der Waals surface area contributed by atoms with Crippen LogP contribution in [0.2, 0.25) is 25.7 Å². The van der Waals surface area contributed by atoms with E-state index < -0.39 is 31.3 Å². The second-order valence-corrected chi connectivity index (χ2v) is 18.3. The Hall–Kier alpha value is -2.11. The highest BCUT2D eigenvalue weighted by Gasteiger charge is 2.43. The van der Waals surface area contributed by atoms with Crippen LogP contribution in [0.25, 0.3) is 11.2 Å². The Bertz CT molecular complexity index is 1130. The maximum atomic E-state index is 16.5. The fourth-order valence-corrected chi connectivity index (χ4v) is 5.79. The summed E-state index contributed by atoms with van der Waals surface area (Å²) in [6.07, 6.45) is 2.07. The summed E-state index contributed by atoms with van der Waals surface area (Å²) in [6, 6.07) is 1.02. The number of carbonyl (C=O) groups is 1. The lowest BCUT2D eigenvalue weighted by Crippen LogP contribution is -2.45. The summed E-state index contributed by atoms with van der Waals surface area (Å²) >= 11 is 0. The highest BCUT2D eigenvalue weighted by molar-refractivity contribution is 6.76. The number of aromatic nitrogens is 3. The summed E-state index contributed by atoms with van der Waals surface area (Å²) in [5.74, 6) is 0.123. The van der Waals surface area contributed by atoms with Crippen molar-refractivity contribution in [2.75, 3.05) is 32.9 Å². The summed E-state index contributed by atoms with van der Waals surface area (Å²) in [5, 5.41) is 0. The maximum Gasteiger partial charge on any atom is 0.410 e. The number of nitrogens with zero attached hydrogens (tertiary/aromatic N) is 4. The monoisotopic (exact) mass is 552 g/mol. The number of carbonyl (C=O) groups excluding carboxylic acids is 1. The van der Waals surface area contributed by atoms with Crippen molar-refractivity contribution in [2.24, 2.45) is 0 Å². The molecule has 2 aliphatic heterocycles. The SMILES string of the molecule is CC(C)(C)OC(=O)N1CCC(F)(c2c(F)cnc3c2nc(C2CCOCC2)n3COCC[Si](C)(C)C)CC1. The van der Waals surface area contributed by atoms with Gasteiger partial charge in [-0.05, 0) is 39.7 Å². The number of hydrogen-bond donors (Lipinski definition) is 0. The van der Waals surface area contributed by atoms with Crippen molar-refractivity contribution in [1.82, 2.24) is 19.4 Å². The molecule has 2 fully saturated rings. The summed E-state index contributed by atoms with van der Waals surface area (Å²) in [7, 11) is -1.27. The maximum absolute atomic E-state index is 16.5. The third-order valence-electron chi connectivity index (χ3n) is 7.21. The van der Waals surface area contributed by atoms with Crippen LogP contribution in [0, 0.1) is 5.82 Å². The molecule has 212 valence electrons. The Labute approximate surface area is 225 Å². The summed E-state index contributed by atoms with van der Waals surface area (Å²) < 4.78 is 50.8. The summed E-state index contributed by atoms with van der Waals surface area (Å²) in [6.45, 7) is 14.6. The van der Waals surface area contributed by atoms with Crippen LogP contribution in [-0.2, 0) is 26.6 Å². The van der Waals surface area contributed by atoms with Crippen LogP contribution < -0.4 is 0 Å². The Balaban J connectivity index is 1.64. The molecule has 2 aliphatic rings. The van der Waals surface area contributed by atoms with Crippen molar-refractivity contribution < 1.29 is 27.8 Å². The Morgan fingerprint density at radius 2 is 1.87 bits per heavy atom. The minimum Gasteiger partial charge on any atom is -0.444 e. The molecular weight excluding hydrogens is 510 g/mol. The zero-order chi connectivity index (χ0) is 27.7. The molecule has 11 heteroatoms. The molecule has 0 N–H and O–H groups in total. The molecule has 0 atom stereocenters. The topological polar surface area (TPSA) is 78.7 Å². The number of imidazole rings is 1. The van der Waals surface area contributed by atoms with Crippen LogP contribution in [0.1, 0.15) is 63.8 Å². The first-order chi connectivity index (χ1) is 17.8. The smallest absolute Gasteiger partial charge is 0.410 e. The predicted molar refractivity (Wildman–Crippen MR) is 144 cm³/mol. The Morgan fingerprint density at radius 1 is 1.21 bits per heavy atom. The first-order valence-corrected chi connectivity index (χ1v) is 17.4. The van der Waals surface area contributed by atoms with E-state index in [9.17, 15) is 4.79 Å². The van der Waals surface area contributed by atoms with Gasteiger partial charge in [0.2, 0.25) is 0 Å². The van der Waals surface area contributed by atoms with Gasteiger partial charge in [-0.1, -0.05) is 19.6 Å². The third kappa shape index (κ3) is 6.71. The van der Waals surface area contributed by atoms with E-state index in [0.717, 1.165) is 30.9 Å². The van der Waals surface area contributed by atoms with Crippen LogP contribution >= 0.6 is 0 Å². The van der Waals surface area contributed by atoms with Gasteiger partial charge >= 0.3 is 6.09 Å². The van der Waals surface area contributed by atoms with Crippen molar-refractivity contribution in [1.29, 1.82) is 0 Å². The van der Waals surface area contributed by atoms with Crippen molar-refractivity contribution in [3.8, 4) is 0 Å². The fraction of sp³-hybridized carbons (Fsp3) is 0.741. The molecule has 4 heterocycles. The van der Waals surface area contributed by atoms with Crippen molar-refractivity contribution in [2.45, 2.75) is 96.1 Å². The second-order valence-electron chi connectivity index (χ2n) is 12.7. The molecule has 0 radical (unpaired) electrons. The van der Waals surface area contributed by atoms with Gasteiger partial charge in [0.05, 0.1) is 11.8 Å². The molecule has 4 rings (SSSR count). The van der Waals surface area contributed by atoms with Gasteiger partial charge in [0.15, 0.2) is 5.65 Å². The standard InChI is InChI=1S/C27H42F2N4O4Si/c1-26(2,3)37-25(34)32-11-9-27(29,10-12-32)21-20(28)17-30-24-22(21)31-23(19-7-13-35-14-8-19)33(24)18-36-15-16-38(4,5)6/h17,19H,7-16,18H2,1-6H3. The van der Waals surface area contributed by atoms with Gasteiger partial charge in [-0.3, -0.25) is 4.57 Å². The zero-order valence-electron chi connectivity index (χ0n) is 23.6. The van der Waals surface area contributed by atoms with Gasteiger partial charge in [0.25, 0.3) is 0 Å². The van der Waals surface area contributed by atoms with Crippen molar-refractivity contribution >= 4 is 25.3 Å². The number of ether oxygens (including phenoxy) is 3. The molecule has 1 amide bonds. The Kier molecular flexibility index (Phi) is 8.49. The van der Waals surface area contributed by atoms with E-state index in [1.807, 2.05) is 4.57 Å². The molecule has 0 aromatic carbocycles. The molecule has 0 bridgehead atoms. The molecular formula is C27H42F2N4O4Si. The lowest BCUT2D eigenvalue weighted by molar-refractivity contribution is 0.00180. The molecule has 2 saturated heterocycles. The average Bonchev–Trinajstić information content (AvgIpc) is 3.19. The summed E-state index contributed by atoms with van der Waals surface area (Å²) in [4.78, 5) is 23.2. The minimum atomic E-state index is -1.98. The number of rotatable bonds is 7. The molecule has 0 aliphatic carbocycles. The highest BCUT2D eigenvalue weighted by atomic mass is 28.3. The van der Waals surface area contributed by atoms with E-state index in [1.165, 1.54) is 4.90 Å². The van der Waals surface area contributed by atoms with E-state index in [-0.39, 0.29) is 49.7 Å². The zero-order valence-corrected chi connectivity index (χ0v) is 24.6. The average molecular weight is 553 g/mol. The Morgan fingerprint density at radius 3 is 2.47 bits per heavy atom. The van der Waals surface area contributed by atoms with Gasteiger partial charge in [0.1, 0.15) is 35.2 Å². The number of pyridine rings is 1. The number of amides is 1. The number of fused-ring (bicyclic) bond motifs is 1. The quantitative estimate of drug-likeness (QED) is 0.311. The van der Waals surface area contributed by atoms with Crippen LogP contribution in [0.15, 0.2) is 6.20 Å². The van der Waals surface area contributed by atoms with E-state index in [1.54, 1.807) is 20.8 Å². The van der Waals surface area contributed by atoms with Crippen molar-refractivity contribution in [3.63, 3.8) is 0 Å². The van der Waals surface area contributed by atoms with Gasteiger partial charge in [0, 0.05) is 59.7 Å². The number of halogens is 2. The first-order valence-electron chi connectivity index (χ1n) is 13.6. The van der Waals surface area contributed by atoms with E-state index in [2.05, 4.69) is 24.6 Å². The van der Waals surface area contributed by atoms with Crippen LogP contribution in [0.5, 0.6) is 0 Å². The molecule has 38 heavy (non-hydrogen) atoms. The minimum absolute atomic E-state index is 0.0472. The van der Waals surface area contributed by atoms with E-state index >= 15 is 8.78 Å². The summed E-state index contributed by atoms with van der Waals surface area (Å²) in [5.41, 5.74) is -2.01. The van der Waals surface area contributed by atoms with Crippen molar-refractivity contribution in [3.05, 3.63) is 23.4 Å². The van der Waals surface area contributed by atoms with Gasteiger partial charge in [-0.15, -0.1) is 0 Å². The third-order valence-corrected chi connectivity index (χ3v) is 8.91. The molecule has 2 aromatic rings. The van der Waals surface area contributed by atoms with E-state index in [0.29, 0.717) is 25.5 Å². The van der Waals surface area contributed by atoms with Gasteiger partial charge in [-0.25, -0.2) is 23.5 Å². The highest BCUT2D eigenvalue weighted by Crippen LogP contribution is 2.42. The predicted octanol–water partition coefficient (Wildman–Crippen LogP) is 5.97. The van der Waals surface area contributed by atoms with Crippen LogP contribution in [-0.4, -0.2) is 72.1 Å². The van der Waals surface area contributed by atoms with Gasteiger partial charge < -0.3 is 19.1 Å². The lowest BCUT2D eigenvalue weighted by Gasteiger charge is -2.37. The molecule has 0 spiro atoms. The van der Waals surface area contributed by atoms with Crippen LogP contribution in [0.4, 0.5) is 13.6 Å². The fourth-order valence-electron chi connectivity index (χ4n) is 5.03. The number of hydrogen-bond acceptors (Lipinski definition) is 6. The lowest BCUT2D eigenvalue weighted by atomic mass is 9.85. The normalized spacial score (nSPS) is 19.2. The molecule has 0 unspecified atom stereocenters. The molecule has 8 nitrogen and oxygen atoms in total. The molecule has 0 saturated carbocycles. The van der Waals surface area contributed by atoms with E-state index in [4.69, 9.17) is 19.2 Å². The number of piperidine rings is 1.